The highest BCUT2D eigenvalue weighted by atomic mass is 79.9. The number of nitrogens with zero attached hydrogens (tertiary/aromatic N) is 2. The van der Waals surface area contributed by atoms with Crippen LogP contribution in [0.3, 0.4) is 0 Å². The molecule has 4 rings (SSSR count). The van der Waals surface area contributed by atoms with Gasteiger partial charge in [0.05, 0.1) is 11.0 Å². The minimum Gasteiger partial charge on any atom is -0.356 e. The first kappa shape index (κ1) is 20.4. The fraction of sp³-hybridized carbons (Fsp3) is 0.250. The van der Waals surface area contributed by atoms with E-state index in [9.17, 15) is 9.59 Å². The number of amides is 1. The number of hydrogen-bond donors (Lipinski definition) is 1. The van der Waals surface area contributed by atoms with E-state index in [0.29, 0.717) is 31.4 Å². The van der Waals surface area contributed by atoms with Crippen molar-refractivity contribution >= 4 is 38.4 Å². The number of aromatic nitrogens is 2. The summed E-state index contributed by atoms with van der Waals surface area (Å²) >= 11 is 3.50. The monoisotopic (exact) mass is 465 g/mol. The van der Waals surface area contributed by atoms with E-state index in [1.807, 2.05) is 59.1 Å². The molecule has 1 amide bonds. The lowest BCUT2D eigenvalue weighted by Gasteiger charge is -2.13. The Kier molecular flexibility index (Phi) is 6.33. The molecule has 30 heavy (non-hydrogen) atoms. The average Bonchev–Trinajstić information content (AvgIpc) is 3.24. The van der Waals surface area contributed by atoms with Gasteiger partial charge in [0.1, 0.15) is 5.52 Å². The number of benzene rings is 2. The van der Waals surface area contributed by atoms with Crippen molar-refractivity contribution in [2.75, 3.05) is 6.54 Å². The third kappa shape index (κ3) is 4.49. The number of aryl methyl sites for hydroxylation is 2. The maximum absolute atomic E-state index is 13.0. The Hall–Kier alpha value is -2.86. The number of carbonyl (C=O) groups is 1. The summed E-state index contributed by atoms with van der Waals surface area (Å²) in [6.07, 6.45) is 4.79. The van der Waals surface area contributed by atoms with Gasteiger partial charge in [-0.3, -0.25) is 9.59 Å². The molecule has 2 heterocycles. The number of halogens is 1. The second-order valence-corrected chi connectivity index (χ2v) is 8.31. The van der Waals surface area contributed by atoms with Gasteiger partial charge in [-0.2, -0.15) is 0 Å². The summed E-state index contributed by atoms with van der Waals surface area (Å²) in [6, 6.07) is 19.9. The lowest BCUT2D eigenvalue weighted by molar-refractivity contribution is -0.121. The molecule has 0 aliphatic heterocycles. The summed E-state index contributed by atoms with van der Waals surface area (Å²) in [5.41, 5.74) is 3.73. The topological polar surface area (TPSA) is 55.5 Å². The lowest BCUT2D eigenvalue weighted by atomic mass is 10.1. The van der Waals surface area contributed by atoms with Crippen LogP contribution in [0, 0.1) is 0 Å². The molecule has 0 radical (unpaired) electrons. The smallest absolute Gasteiger partial charge is 0.275 e. The van der Waals surface area contributed by atoms with E-state index < -0.39 is 0 Å². The van der Waals surface area contributed by atoms with Crippen LogP contribution in [0.1, 0.15) is 24.8 Å². The zero-order chi connectivity index (χ0) is 20.9. The van der Waals surface area contributed by atoms with Crippen LogP contribution in [0.25, 0.3) is 16.6 Å². The highest BCUT2D eigenvalue weighted by molar-refractivity contribution is 9.10. The molecule has 0 saturated heterocycles. The molecule has 6 heteroatoms. The Labute approximate surface area is 183 Å². The van der Waals surface area contributed by atoms with Gasteiger partial charge in [0.25, 0.3) is 5.56 Å². The Morgan fingerprint density at radius 3 is 2.60 bits per heavy atom. The third-order valence-corrected chi connectivity index (χ3v) is 5.79. The first-order valence-electron chi connectivity index (χ1n) is 10.2. The summed E-state index contributed by atoms with van der Waals surface area (Å²) in [5.74, 6) is 0.0327. The summed E-state index contributed by atoms with van der Waals surface area (Å²) in [7, 11) is 0. The fourth-order valence-electron chi connectivity index (χ4n) is 3.80. The molecular weight excluding hydrogens is 442 g/mol. The SMILES string of the molecule is O=C(CCCn1c(=O)c2cccn2c2ccc(Br)cc21)NCCCc1ccccc1. The quantitative estimate of drug-likeness (QED) is 0.388. The zero-order valence-electron chi connectivity index (χ0n) is 16.7. The summed E-state index contributed by atoms with van der Waals surface area (Å²) in [4.78, 5) is 25.2. The molecular formula is C24H24BrN3O2. The molecule has 154 valence electrons. The molecule has 0 unspecified atom stereocenters. The molecule has 5 nitrogen and oxygen atoms in total. The highest BCUT2D eigenvalue weighted by Crippen LogP contribution is 2.20. The molecule has 0 aliphatic carbocycles. The van der Waals surface area contributed by atoms with E-state index in [1.54, 1.807) is 4.57 Å². The van der Waals surface area contributed by atoms with Crippen LogP contribution in [0.4, 0.5) is 0 Å². The van der Waals surface area contributed by atoms with Gasteiger partial charge in [-0.05, 0) is 55.2 Å². The van der Waals surface area contributed by atoms with Gasteiger partial charge in [0, 0.05) is 30.2 Å². The Morgan fingerprint density at radius 1 is 0.933 bits per heavy atom. The van der Waals surface area contributed by atoms with Crippen molar-refractivity contribution in [3.63, 3.8) is 0 Å². The van der Waals surface area contributed by atoms with E-state index in [1.165, 1.54) is 5.56 Å². The third-order valence-electron chi connectivity index (χ3n) is 5.29. The second-order valence-electron chi connectivity index (χ2n) is 7.40. The van der Waals surface area contributed by atoms with Gasteiger partial charge in [-0.25, -0.2) is 0 Å². The van der Waals surface area contributed by atoms with Crippen molar-refractivity contribution in [2.45, 2.75) is 32.2 Å². The van der Waals surface area contributed by atoms with Gasteiger partial charge in [-0.1, -0.05) is 46.3 Å². The second kappa shape index (κ2) is 9.30. The maximum Gasteiger partial charge on any atom is 0.275 e. The summed E-state index contributed by atoms with van der Waals surface area (Å²) in [5, 5.41) is 2.99. The molecule has 0 saturated carbocycles. The van der Waals surface area contributed by atoms with Crippen LogP contribution < -0.4 is 10.9 Å². The van der Waals surface area contributed by atoms with Crippen LogP contribution in [-0.2, 0) is 17.8 Å². The number of hydrogen-bond acceptors (Lipinski definition) is 2. The predicted octanol–water partition coefficient (Wildman–Crippen LogP) is 4.55. The van der Waals surface area contributed by atoms with E-state index in [2.05, 4.69) is 33.4 Å². The molecule has 0 aliphatic rings. The van der Waals surface area contributed by atoms with Crippen LogP contribution in [-0.4, -0.2) is 21.4 Å². The summed E-state index contributed by atoms with van der Waals surface area (Å²) < 4.78 is 4.61. The van der Waals surface area contributed by atoms with Crippen LogP contribution in [0.5, 0.6) is 0 Å². The molecule has 4 aromatic rings. The van der Waals surface area contributed by atoms with Gasteiger partial charge in [0.15, 0.2) is 0 Å². The predicted molar refractivity (Wildman–Crippen MR) is 124 cm³/mol. The van der Waals surface area contributed by atoms with Crippen molar-refractivity contribution in [1.29, 1.82) is 0 Å². The normalized spacial score (nSPS) is 11.2. The van der Waals surface area contributed by atoms with Crippen molar-refractivity contribution in [2.24, 2.45) is 0 Å². The number of carbonyl (C=O) groups excluding carboxylic acids is 1. The largest absolute Gasteiger partial charge is 0.356 e. The van der Waals surface area contributed by atoms with Crippen molar-refractivity contribution in [3.05, 3.63) is 87.3 Å². The molecule has 0 spiro atoms. The Bertz CT molecular complexity index is 1230. The van der Waals surface area contributed by atoms with Crippen molar-refractivity contribution in [1.82, 2.24) is 14.3 Å². The first-order valence-corrected chi connectivity index (χ1v) is 11.0. The first-order chi connectivity index (χ1) is 14.6. The van der Waals surface area contributed by atoms with Gasteiger partial charge >= 0.3 is 0 Å². The van der Waals surface area contributed by atoms with Gasteiger partial charge < -0.3 is 14.3 Å². The van der Waals surface area contributed by atoms with E-state index in [-0.39, 0.29) is 11.5 Å². The molecule has 0 bridgehead atoms. The van der Waals surface area contributed by atoms with E-state index >= 15 is 0 Å². The standard InChI is InChI=1S/C24H24BrN3O2/c25-19-12-13-20-22(17-19)28(24(30)21-10-5-15-27(20)21)16-6-11-23(29)26-14-4-9-18-7-2-1-3-8-18/h1-3,5,7-8,10,12-13,15,17H,4,6,9,11,14,16H2,(H,26,29). The molecule has 1 N–H and O–H groups in total. The summed E-state index contributed by atoms with van der Waals surface area (Å²) in [6.45, 7) is 1.17. The van der Waals surface area contributed by atoms with Gasteiger partial charge in [-0.15, -0.1) is 0 Å². The number of rotatable bonds is 8. The number of fused-ring (bicyclic) bond motifs is 3. The van der Waals surface area contributed by atoms with Crippen LogP contribution in [0.15, 0.2) is 76.1 Å². The maximum atomic E-state index is 13.0. The van der Waals surface area contributed by atoms with Crippen molar-refractivity contribution < 1.29 is 4.79 Å². The highest BCUT2D eigenvalue weighted by Gasteiger charge is 2.11. The van der Waals surface area contributed by atoms with Crippen molar-refractivity contribution in [3.8, 4) is 0 Å². The Morgan fingerprint density at radius 2 is 1.77 bits per heavy atom. The molecule has 2 aromatic carbocycles. The molecule has 0 atom stereocenters. The minimum absolute atomic E-state index is 0.0327. The van der Waals surface area contributed by atoms with Crippen LogP contribution in [0.2, 0.25) is 0 Å². The van der Waals surface area contributed by atoms with Gasteiger partial charge in [0.2, 0.25) is 5.91 Å². The zero-order valence-corrected chi connectivity index (χ0v) is 18.3. The van der Waals surface area contributed by atoms with E-state index in [0.717, 1.165) is 28.3 Å². The van der Waals surface area contributed by atoms with E-state index in [4.69, 9.17) is 0 Å². The Balaban J connectivity index is 1.36. The molecule has 2 aromatic heterocycles. The molecule has 0 fully saturated rings. The number of nitrogens with one attached hydrogen (secondary N) is 1. The average molecular weight is 466 g/mol. The minimum atomic E-state index is -0.0335. The lowest BCUT2D eigenvalue weighted by Crippen LogP contribution is -2.26. The fourth-order valence-corrected chi connectivity index (χ4v) is 4.15. The van der Waals surface area contributed by atoms with Crippen LogP contribution >= 0.6 is 15.9 Å².